The third kappa shape index (κ3) is 3.81. The van der Waals surface area contributed by atoms with E-state index in [0.717, 1.165) is 42.7 Å². The highest BCUT2D eigenvalue weighted by Crippen LogP contribution is 2.27. The number of pyridine rings is 1. The van der Waals surface area contributed by atoms with E-state index in [2.05, 4.69) is 15.5 Å². The SMILES string of the molecule is CC(=O)Nc1cccc(NC(=O)c2cc3ccccc3nc2N2CCCC2)c1. The second-order valence-corrected chi connectivity index (χ2v) is 6.96. The number of hydrogen-bond donors (Lipinski definition) is 2. The maximum atomic E-state index is 13.1. The van der Waals surface area contributed by atoms with Crippen molar-refractivity contribution in [3.8, 4) is 0 Å². The van der Waals surface area contributed by atoms with E-state index in [1.54, 1.807) is 24.3 Å². The minimum Gasteiger partial charge on any atom is -0.356 e. The summed E-state index contributed by atoms with van der Waals surface area (Å²) in [5.74, 6) is 0.366. The molecule has 0 saturated carbocycles. The molecule has 6 nitrogen and oxygen atoms in total. The number of anilines is 3. The van der Waals surface area contributed by atoms with Crippen molar-refractivity contribution in [1.29, 1.82) is 0 Å². The molecule has 4 rings (SSSR count). The maximum Gasteiger partial charge on any atom is 0.259 e. The topological polar surface area (TPSA) is 74.3 Å². The molecular weight excluding hydrogens is 352 g/mol. The van der Waals surface area contributed by atoms with Gasteiger partial charge in [-0.05, 0) is 43.2 Å². The summed E-state index contributed by atoms with van der Waals surface area (Å²) in [6, 6.07) is 16.8. The molecule has 1 aliphatic rings. The van der Waals surface area contributed by atoms with Gasteiger partial charge in [-0.2, -0.15) is 0 Å². The van der Waals surface area contributed by atoms with Gasteiger partial charge in [0.25, 0.3) is 5.91 Å². The van der Waals surface area contributed by atoms with Gasteiger partial charge < -0.3 is 15.5 Å². The summed E-state index contributed by atoms with van der Waals surface area (Å²) in [7, 11) is 0. The van der Waals surface area contributed by atoms with Crippen LogP contribution in [0.25, 0.3) is 10.9 Å². The molecule has 0 radical (unpaired) electrons. The van der Waals surface area contributed by atoms with Crippen LogP contribution in [0.3, 0.4) is 0 Å². The van der Waals surface area contributed by atoms with Crippen LogP contribution >= 0.6 is 0 Å². The van der Waals surface area contributed by atoms with Gasteiger partial charge in [0.05, 0.1) is 11.1 Å². The largest absolute Gasteiger partial charge is 0.356 e. The lowest BCUT2D eigenvalue weighted by Gasteiger charge is -2.20. The zero-order valence-electron chi connectivity index (χ0n) is 15.7. The molecule has 1 saturated heterocycles. The van der Waals surface area contributed by atoms with Crippen molar-refractivity contribution < 1.29 is 9.59 Å². The molecule has 0 unspecified atom stereocenters. The standard InChI is InChI=1S/C22H22N4O2/c1-15(27)23-17-8-6-9-18(14-17)24-22(28)19-13-16-7-2-3-10-20(16)25-21(19)26-11-4-5-12-26/h2-3,6-10,13-14H,4-5,11-12H2,1H3,(H,23,27)(H,24,28). The molecule has 2 heterocycles. The summed E-state index contributed by atoms with van der Waals surface area (Å²) in [4.78, 5) is 31.3. The lowest BCUT2D eigenvalue weighted by molar-refractivity contribution is -0.114. The van der Waals surface area contributed by atoms with Crippen molar-refractivity contribution in [1.82, 2.24) is 4.98 Å². The molecule has 0 aliphatic carbocycles. The highest BCUT2D eigenvalue weighted by atomic mass is 16.2. The van der Waals surface area contributed by atoms with Gasteiger partial charge in [-0.25, -0.2) is 4.98 Å². The average Bonchev–Trinajstić information content (AvgIpc) is 3.21. The first-order valence-corrected chi connectivity index (χ1v) is 9.44. The Balaban J connectivity index is 1.68. The summed E-state index contributed by atoms with van der Waals surface area (Å²) >= 11 is 0. The van der Waals surface area contributed by atoms with E-state index in [4.69, 9.17) is 4.98 Å². The molecule has 1 aliphatic heterocycles. The second-order valence-electron chi connectivity index (χ2n) is 6.96. The normalized spacial score (nSPS) is 13.5. The van der Waals surface area contributed by atoms with E-state index in [0.29, 0.717) is 16.9 Å². The highest BCUT2D eigenvalue weighted by Gasteiger charge is 2.22. The molecule has 2 aromatic carbocycles. The molecule has 1 aromatic heterocycles. The van der Waals surface area contributed by atoms with Crippen LogP contribution in [-0.4, -0.2) is 29.9 Å². The lowest BCUT2D eigenvalue weighted by atomic mass is 10.1. The van der Waals surface area contributed by atoms with Crippen LogP contribution in [0.5, 0.6) is 0 Å². The van der Waals surface area contributed by atoms with Crippen LogP contribution in [0.1, 0.15) is 30.1 Å². The highest BCUT2D eigenvalue weighted by molar-refractivity contribution is 6.09. The van der Waals surface area contributed by atoms with Crippen molar-refractivity contribution >= 4 is 39.9 Å². The van der Waals surface area contributed by atoms with Gasteiger partial charge >= 0.3 is 0 Å². The first-order valence-electron chi connectivity index (χ1n) is 9.44. The molecule has 0 atom stereocenters. The number of benzene rings is 2. The van der Waals surface area contributed by atoms with Gasteiger partial charge in [0, 0.05) is 36.8 Å². The van der Waals surface area contributed by atoms with Crippen LogP contribution in [0.4, 0.5) is 17.2 Å². The predicted octanol–water partition coefficient (Wildman–Crippen LogP) is 4.05. The van der Waals surface area contributed by atoms with Crippen molar-refractivity contribution in [2.24, 2.45) is 0 Å². The second kappa shape index (κ2) is 7.68. The van der Waals surface area contributed by atoms with E-state index < -0.39 is 0 Å². The van der Waals surface area contributed by atoms with Crippen LogP contribution in [0, 0.1) is 0 Å². The van der Waals surface area contributed by atoms with Crippen molar-refractivity contribution in [2.75, 3.05) is 28.6 Å². The molecule has 2 N–H and O–H groups in total. The van der Waals surface area contributed by atoms with Crippen molar-refractivity contribution in [3.05, 3.63) is 60.2 Å². The Hall–Kier alpha value is -3.41. The Morgan fingerprint density at radius 2 is 1.64 bits per heavy atom. The first kappa shape index (κ1) is 18.0. The van der Waals surface area contributed by atoms with Crippen LogP contribution in [-0.2, 0) is 4.79 Å². The minimum atomic E-state index is -0.208. The van der Waals surface area contributed by atoms with Crippen LogP contribution < -0.4 is 15.5 Å². The number of rotatable bonds is 4. The summed E-state index contributed by atoms with van der Waals surface area (Å²) < 4.78 is 0. The quantitative estimate of drug-likeness (QED) is 0.723. The molecule has 0 spiro atoms. The molecular formula is C22H22N4O2. The third-order valence-electron chi connectivity index (χ3n) is 4.79. The number of para-hydroxylation sites is 1. The number of fused-ring (bicyclic) bond motifs is 1. The van der Waals surface area contributed by atoms with Crippen LogP contribution in [0.2, 0.25) is 0 Å². The molecule has 6 heteroatoms. The minimum absolute atomic E-state index is 0.154. The maximum absolute atomic E-state index is 13.1. The smallest absolute Gasteiger partial charge is 0.259 e. The number of amides is 2. The zero-order valence-corrected chi connectivity index (χ0v) is 15.7. The molecule has 2 amide bonds. The van der Waals surface area contributed by atoms with E-state index in [-0.39, 0.29) is 11.8 Å². The Kier molecular flexibility index (Phi) is 4.93. The Morgan fingerprint density at radius 1 is 0.929 bits per heavy atom. The number of nitrogens with one attached hydrogen (secondary N) is 2. The van der Waals surface area contributed by atoms with E-state index in [1.165, 1.54) is 6.92 Å². The van der Waals surface area contributed by atoms with Crippen molar-refractivity contribution in [2.45, 2.75) is 19.8 Å². The first-order chi connectivity index (χ1) is 13.6. The van der Waals surface area contributed by atoms with Gasteiger partial charge in [0.1, 0.15) is 5.82 Å². The molecule has 1 fully saturated rings. The summed E-state index contributed by atoms with van der Waals surface area (Å²) in [6.07, 6.45) is 2.21. The molecule has 3 aromatic rings. The number of carbonyl (C=O) groups is 2. The van der Waals surface area contributed by atoms with E-state index in [1.807, 2.05) is 30.3 Å². The van der Waals surface area contributed by atoms with Gasteiger partial charge in [-0.3, -0.25) is 9.59 Å². The molecule has 142 valence electrons. The van der Waals surface area contributed by atoms with Gasteiger partial charge in [-0.1, -0.05) is 24.3 Å². The number of hydrogen-bond acceptors (Lipinski definition) is 4. The fourth-order valence-corrected chi connectivity index (χ4v) is 3.52. The lowest BCUT2D eigenvalue weighted by Crippen LogP contribution is -2.24. The van der Waals surface area contributed by atoms with Crippen LogP contribution in [0.15, 0.2) is 54.6 Å². The average molecular weight is 374 g/mol. The zero-order chi connectivity index (χ0) is 19.5. The van der Waals surface area contributed by atoms with E-state index >= 15 is 0 Å². The van der Waals surface area contributed by atoms with Gasteiger partial charge in [0.15, 0.2) is 0 Å². The molecule has 0 bridgehead atoms. The monoisotopic (exact) mass is 374 g/mol. The number of nitrogens with zero attached hydrogens (tertiary/aromatic N) is 2. The predicted molar refractivity (Wildman–Crippen MR) is 112 cm³/mol. The summed E-state index contributed by atoms with van der Waals surface area (Å²) in [6.45, 7) is 3.27. The Bertz CT molecular complexity index is 1040. The summed E-state index contributed by atoms with van der Waals surface area (Å²) in [5, 5.41) is 6.60. The fraction of sp³-hybridized carbons (Fsp3) is 0.227. The van der Waals surface area contributed by atoms with Gasteiger partial charge in [0.2, 0.25) is 5.91 Å². The van der Waals surface area contributed by atoms with E-state index in [9.17, 15) is 9.59 Å². The number of carbonyl (C=O) groups excluding carboxylic acids is 2. The third-order valence-corrected chi connectivity index (χ3v) is 4.79. The van der Waals surface area contributed by atoms with Gasteiger partial charge in [-0.15, -0.1) is 0 Å². The summed E-state index contributed by atoms with van der Waals surface area (Å²) in [5.41, 5.74) is 2.71. The Morgan fingerprint density at radius 3 is 2.39 bits per heavy atom. The molecule has 28 heavy (non-hydrogen) atoms. The fourth-order valence-electron chi connectivity index (χ4n) is 3.52. The number of aromatic nitrogens is 1. The Labute approximate surface area is 163 Å². The van der Waals surface area contributed by atoms with Crippen molar-refractivity contribution in [3.63, 3.8) is 0 Å².